The monoisotopic (exact) mass is 456 g/mol. The molecule has 3 rings (SSSR count). The van der Waals surface area contributed by atoms with Crippen LogP contribution in [-0.2, 0) is 20.8 Å². The molecule has 1 heterocycles. The smallest absolute Gasteiger partial charge is 0.410 e. The first-order valence-electron chi connectivity index (χ1n) is 11.2. The van der Waals surface area contributed by atoms with Crippen molar-refractivity contribution in [3.8, 4) is 5.75 Å². The summed E-state index contributed by atoms with van der Waals surface area (Å²) in [6.45, 7) is 3.81. The first kappa shape index (κ1) is 24.5. The standard InChI is InChI=1S/C25H32N2O6/c1-3-31-20-11-13-27(25(29)33-17-18-7-5-4-6-8-18)22(16-20)21-10-9-19(24(28)30-2)15-23(21)32-14-12-26/h4-10,15,20,22H,3,11-14,16-17,26H2,1-2H3/t20-,22-/m0/s1. The van der Waals surface area contributed by atoms with Gasteiger partial charge in [-0.15, -0.1) is 0 Å². The number of amides is 1. The molecule has 0 saturated carbocycles. The van der Waals surface area contributed by atoms with E-state index in [1.54, 1.807) is 23.1 Å². The van der Waals surface area contributed by atoms with Crippen molar-refractivity contribution in [2.45, 2.75) is 38.5 Å². The van der Waals surface area contributed by atoms with Crippen molar-refractivity contribution in [3.63, 3.8) is 0 Å². The zero-order valence-electron chi connectivity index (χ0n) is 19.2. The SMILES string of the molecule is CCO[C@H]1CCN(C(=O)OCc2ccccc2)[C@H](c2ccc(C(=O)OC)cc2OCCN)C1. The molecule has 8 heteroatoms. The van der Waals surface area contributed by atoms with Crippen molar-refractivity contribution in [2.24, 2.45) is 5.73 Å². The minimum absolute atomic E-state index is 0.000755. The molecule has 0 aliphatic carbocycles. The molecule has 0 unspecified atom stereocenters. The highest BCUT2D eigenvalue weighted by Gasteiger charge is 2.36. The van der Waals surface area contributed by atoms with Crippen LogP contribution in [0.2, 0.25) is 0 Å². The number of rotatable bonds is 9. The van der Waals surface area contributed by atoms with Gasteiger partial charge in [-0.1, -0.05) is 36.4 Å². The normalized spacial score (nSPS) is 18.0. The van der Waals surface area contributed by atoms with E-state index in [0.717, 1.165) is 11.1 Å². The molecule has 1 aliphatic rings. The van der Waals surface area contributed by atoms with Crippen molar-refractivity contribution in [1.29, 1.82) is 0 Å². The van der Waals surface area contributed by atoms with Gasteiger partial charge < -0.3 is 29.6 Å². The maximum absolute atomic E-state index is 13.1. The van der Waals surface area contributed by atoms with Crippen LogP contribution in [0.25, 0.3) is 0 Å². The molecule has 1 aliphatic heterocycles. The molecule has 8 nitrogen and oxygen atoms in total. The van der Waals surface area contributed by atoms with Crippen LogP contribution in [0.1, 0.15) is 47.3 Å². The van der Waals surface area contributed by atoms with Crippen LogP contribution in [0.3, 0.4) is 0 Å². The maximum Gasteiger partial charge on any atom is 0.410 e. The molecule has 0 aromatic heterocycles. The summed E-state index contributed by atoms with van der Waals surface area (Å²) in [5.74, 6) is 0.0282. The summed E-state index contributed by atoms with van der Waals surface area (Å²) in [4.78, 5) is 26.9. The van der Waals surface area contributed by atoms with Gasteiger partial charge in [0, 0.05) is 25.3 Å². The zero-order chi connectivity index (χ0) is 23.6. The summed E-state index contributed by atoms with van der Waals surface area (Å²) >= 11 is 0. The Labute approximate surface area is 194 Å². The van der Waals surface area contributed by atoms with Crippen molar-refractivity contribution in [1.82, 2.24) is 4.90 Å². The average molecular weight is 457 g/mol. The zero-order valence-corrected chi connectivity index (χ0v) is 19.2. The van der Waals surface area contributed by atoms with Gasteiger partial charge >= 0.3 is 12.1 Å². The molecule has 2 atom stereocenters. The molecular weight excluding hydrogens is 424 g/mol. The third-order valence-corrected chi connectivity index (χ3v) is 5.57. The van der Waals surface area contributed by atoms with Crippen molar-refractivity contribution >= 4 is 12.1 Å². The van der Waals surface area contributed by atoms with Crippen molar-refractivity contribution < 1.29 is 28.5 Å². The number of piperidine rings is 1. The topological polar surface area (TPSA) is 100 Å². The van der Waals surface area contributed by atoms with Crippen LogP contribution in [0.5, 0.6) is 5.75 Å². The Hall–Kier alpha value is -3.10. The fraction of sp³-hybridized carbons (Fsp3) is 0.440. The summed E-state index contributed by atoms with van der Waals surface area (Å²) < 4.78 is 22.2. The number of benzene rings is 2. The third-order valence-electron chi connectivity index (χ3n) is 5.57. The maximum atomic E-state index is 13.1. The van der Waals surface area contributed by atoms with Crippen LogP contribution in [0.4, 0.5) is 4.79 Å². The summed E-state index contributed by atoms with van der Waals surface area (Å²) in [5, 5.41) is 0. The van der Waals surface area contributed by atoms with Gasteiger partial charge in [0.05, 0.1) is 24.8 Å². The van der Waals surface area contributed by atoms with Gasteiger partial charge in [-0.05, 0) is 37.5 Å². The van der Waals surface area contributed by atoms with E-state index in [2.05, 4.69) is 0 Å². The van der Waals surface area contributed by atoms with Crippen molar-refractivity contribution in [2.75, 3.05) is 33.4 Å². The van der Waals surface area contributed by atoms with Gasteiger partial charge in [-0.3, -0.25) is 0 Å². The van der Waals surface area contributed by atoms with Gasteiger partial charge in [-0.25, -0.2) is 9.59 Å². The van der Waals surface area contributed by atoms with Gasteiger partial charge in [0.1, 0.15) is 19.0 Å². The molecule has 1 amide bonds. The van der Waals surface area contributed by atoms with E-state index in [1.165, 1.54) is 7.11 Å². The average Bonchev–Trinajstić information content (AvgIpc) is 2.86. The third kappa shape index (κ3) is 6.46. The van der Waals surface area contributed by atoms with E-state index in [-0.39, 0.29) is 25.4 Å². The van der Waals surface area contributed by atoms with Gasteiger partial charge in [-0.2, -0.15) is 0 Å². The highest BCUT2D eigenvalue weighted by atomic mass is 16.6. The second kappa shape index (κ2) is 12.2. The number of ether oxygens (including phenoxy) is 4. The molecule has 178 valence electrons. The lowest BCUT2D eigenvalue weighted by Gasteiger charge is -2.39. The lowest BCUT2D eigenvalue weighted by molar-refractivity contribution is -0.0130. The summed E-state index contributed by atoms with van der Waals surface area (Å²) in [5.41, 5.74) is 7.70. The second-order valence-electron chi connectivity index (χ2n) is 7.73. The lowest BCUT2D eigenvalue weighted by Crippen LogP contribution is -2.43. The Balaban J connectivity index is 1.88. The Morgan fingerprint density at radius 3 is 2.64 bits per heavy atom. The number of methoxy groups -OCH3 is 1. The van der Waals surface area contributed by atoms with E-state index in [0.29, 0.717) is 43.9 Å². The molecule has 1 fully saturated rings. The van der Waals surface area contributed by atoms with E-state index >= 15 is 0 Å². The Morgan fingerprint density at radius 2 is 1.94 bits per heavy atom. The first-order valence-corrected chi connectivity index (χ1v) is 11.2. The number of esters is 1. The van der Waals surface area contributed by atoms with Crippen LogP contribution in [0, 0.1) is 0 Å². The molecule has 0 bridgehead atoms. The van der Waals surface area contributed by atoms with E-state index in [1.807, 2.05) is 37.3 Å². The van der Waals surface area contributed by atoms with E-state index in [4.69, 9.17) is 24.7 Å². The Kier molecular flexibility index (Phi) is 9.09. The number of hydrogen-bond donors (Lipinski definition) is 1. The fourth-order valence-corrected chi connectivity index (χ4v) is 3.98. The molecule has 0 spiro atoms. The van der Waals surface area contributed by atoms with Gasteiger partial charge in [0.25, 0.3) is 0 Å². The number of hydrogen-bond acceptors (Lipinski definition) is 7. The summed E-state index contributed by atoms with van der Waals surface area (Å²) in [7, 11) is 1.33. The number of carbonyl (C=O) groups is 2. The van der Waals surface area contributed by atoms with Crippen molar-refractivity contribution in [3.05, 3.63) is 65.2 Å². The highest BCUT2D eigenvalue weighted by molar-refractivity contribution is 5.90. The Morgan fingerprint density at radius 1 is 1.15 bits per heavy atom. The second-order valence-corrected chi connectivity index (χ2v) is 7.73. The predicted octanol–water partition coefficient (Wildman–Crippen LogP) is 3.69. The molecule has 2 N–H and O–H groups in total. The number of nitrogens with two attached hydrogens (primary N) is 1. The minimum atomic E-state index is -0.464. The number of nitrogens with zero attached hydrogens (tertiary/aromatic N) is 1. The molecule has 1 saturated heterocycles. The quantitative estimate of drug-likeness (QED) is 0.574. The summed E-state index contributed by atoms with van der Waals surface area (Å²) in [6.07, 6.45) is 0.899. The van der Waals surface area contributed by atoms with Crippen LogP contribution in [-0.4, -0.2) is 56.5 Å². The first-order chi connectivity index (χ1) is 16.1. The molecule has 2 aromatic rings. The fourth-order valence-electron chi connectivity index (χ4n) is 3.98. The van der Waals surface area contributed by atoms with E-state index < -0.39 is 12.1 Å². The largest absolute Gasteiger partial charge is 0.492 e. The molecule has 33 heavy (non-hydrogen) atoms. The predicted molar refractivity (Wildman–Crippen MR) is 123 cm³/mol. The molecular formula is C25H32N2O6. The van der Waals surface area contributed by atoms with Gasteiger partial charge in [0.2, 0.25) is 0 Å². The lowest BCUT2D eigenvalue weighted by atomic mass is 9.92. The summed E-state index contributed by atoms with van der Waals surface area (Å²) in [6, 6.07) is 14.3. The van der Waals surface area contributed by atoms with Gasteiger partial charge in [0.15, 0.2) is 0 Å². The number of carbonyl (C=O) groups excluding carboxylic acids is 2. The van der Waals surface area contributed by atoms with Crippen LogP contribution < -0.4 is 10.5 Å². The van der Waals surface area contributed by atoms with E-state index in [9.17, 15) is 9.59 Å². The Bertz CT molecular complexity index is 920. The van der Waals surface area contributed by atoms with Crippen LogP contribution in [0.15, 0.2) is 48.5 Å². The molecule has 2 aromatic carbocycles. The highest BCUT2D eigenvalue weighted by Crippen LogP contribution is 2.38. The number of likely N-dealkylation sites (tertiary alicyclic amines) is 1. The molecule has 0 radical (unpaired) electrons. The van der Waals surface area contributed by atoms with Crippen LogP contribution >= 0.6 is 0 Å². The minimum Gasteiger partial charge on any atom is -0.492 e.